The molecule has 11 nitrogen and oxygen atoms in total. The van der Waals surface area contributed by atoms with E-state index in [-0.39, 0.29) is 11.8 Å². The van der Waals surface area contributed by atoms with Crippen LogP contribution in [0, 0.1) is 17.8 Å². The molecule has 0 bridgehead atoms. The van der Waals surface area contributed by atoms with Crippen LogP contribution in [0.2, 0.25) is 0 Å². The van der Waals surface area contributed by atoms with Crippen molar-refractivity contribution in [1.29, 1.82) is 0 Å². The van der Waals surface area contributed by atoms with E-state index in [0.29, 0.717) is 12.8 Å². The highest BCUT2D eigenvalue weighted by Gasteiger charge is 2.33. The van der Waals surface area contributed by atoms with Gasteiger partial charge < -0.3 is 32.5 Å². The Bertz CT molecular complexity index is 682. The Morgan fingerprint density at radius 1 is 0.844 bits per heavy atom. The van der Waals surface area contributed by atoms with Gasteiger partial charge in [-0.1, -0.05) is 48.0 Å². The maximum atomic E-state index is 13.0. The third kappa shape index (κ3) is 10.1. The lowest BCUT2D eigenvalue weighted by Crippen LogP contribution is -2.59. The third-order valence-corrected chi connectivity index (χ3v) is 5.12. The van der Waals surface area contributed by atoms with Crippen LogP contribution in [0.25, 0.3) is 0 Å². The van der Waals surface area contributed by atoms with Gasteiger partial charge in [-0.25, -0.2) is 4.79 Å². The summed E-state index contributed by atoms with van der Waals surface area (Å²) < 4.78 is 0. The van der Waals surface area contributed by atoms with Crippen molar-refractivity contribution < 1.29 is 29.1 Å². The molecule has 0 saturated carbocycles. The lowest BCUT2D eigenvalue weighted by atomic mass is 9.96. The number of carbonyl (C=O) groups is 5. The summed E-state index contributed by atoms with van der Waals surface area (Å²) in [7, 11) is 0. The number of carboxylic acid groups (broad SMARTS) is 1. The lowest BCUT2D eigenvalue weighted by Gasteiger charge is -2.28. The van der Waals surface area contributed by atoms with E-state index in [1.54, 1.807) is 20.8 Å². The summed E-state index contributed by atoms with van der Waals surface area (Å²) in [6, 6.07) is -4.42. The molecule has 0 radical (unpaired) electrons. The van der Waals surface area contributed by atoms with Crippen molar-refractivity contribution in [2.24, 2.45) is 29.2 Å². The summed E-state index contributed by atoms with van der Waals surface area (Å²) in [6.07, 6.45) is 0.439. The van der Waals surface area contributed by atoms with E-state index in [9.17, 15) is 29.1 Å². The molecule has 0 heterocycles. The topological polar surface area (TPSA) is 194 Å². The van der Waals surface area contributed by atoms with Gasteiger partial charge in [-0.15, -0.1) is 0 Å². The number of aliphatic carboxylic acids is 1. The first-order valence-electron chi connectivity index (χ1n) is 10.9. The Morgan fingerprint density at radius 3 is 1.78 bits per heavy atom. The smallest absolute Gasteiger partial charge is 0.326 e. The van der Waals surface area contributed by atoms with Crippen molar-refractivity contribution in [3.63, 3.8) is 0 Å². The SMILES string of the molecule is CCC(C)C(NC(=O)C(N)CC(C)C)C(=O)NC(CC(N)=O)C(=O)NC(C(=O)O)C(C)C. The predicted octanol–water partition coefficient (Wildman–Crippen LogP) is -0.524. The number of hydrogen-bond acceptors (Lipinski definition) is 6. The number of carbonyl (C=O) groups excluding carboxylic acids is 4. The molecular formula is C21H39N5O6. The van der Waals surface area contributed by atoms with Crippen LogP contribution in [0.3, 0.4) is 0 Å². The third-order valence-electron chi connectivity index (χ3n) is 5.12. The van der Waals surface area contributed by atoms with Gasteiger partial charge in [0.15, 0.2) is 0 Å². The molecule has 0 aromatic carbocycles. The fourth-order valence-corrected chi connectivity index (χ4v) is 3.02. The molecular weight excluding hydrogens is 418 g/mol. The van der Waals surface area contributed by atoms with E-state index >= 15 is 0 Å². The van der Waals surface area contributed by atoms with Gasteiger partial charge in [-0.2, -0.15) is 0 Å². The van der Waals surface area contributed by atoms with Crippen LogP contribution in [-0.2, 0) is 24.0 Å². The first kappa shape index (κ1) is 29.3. The van der Waals surface area contributed by atoms with Crippen LogP contribution < -0.4 is 27.4 Å². The maximum Gasteiger partial charge on any atom is 0.326 e. The van der Waals surface area contributed by atoms with Crippen molar-refractivity contribution >= 4 is 29.6 Å². The van der Waals surface area contributed by atoms with E-state index in [0.717, 1.165) is 0 Å². The average molecular weight is 458 g/mol. The van der Waals surface area contributed by atoms with Crippen LogP contribution in [0.4, 0.5) is 0 Å². The van der Waals surface area contributed by atoms with E-state index in [4.69, 9.17) is 11.5 Å². The number of primary amides is 1. The quantitative estimate of drug-likeness (QED) is 0.202. The zero-order valence-corrected chi connectivity index (χ0v) is 19.8. The highest BCUT2D eigenvalue weighted by molar-refractivity contribution is 5.96. The maximum absolute atomic E-state index is 13.0. The van der Waals surface area contributed by atoms with Crippen LogP contribution >= 0.6 is 0 Å². The zero-order chi connectivity index (χ0) is 25.2. The highest BCUT2D eigenvalue weighted by Crippen LogP contribution is 2.11. The van der Waals surface area contributed by atoms with Crippen molar-refractivity contribution in [2.75, 3.05) is 0 Å². The molecule has 4 amide bonds. The molecule has 0 aromatic rings. The molecule has 0 spiro atoms. The van der Waals surface area contributed by atoms with Crippen LogP contribution in [-0.4, -0.2) is 58.9 Å². The second-order valence-electron chi connectivity index (χ2n) is 8.91. The molecule has 0 aliphatic rings. The van der Waals surface area contributed by atoms with E-state index in [1.807, 2.05) is 20.8 Å². The van der Waals surface area contributed by atoms with Crippen LogP contribution in [0.15, 0.2) is 0 Å². The predicted molar refractivity (Wildman–Crippen MR) is 119 cm³/mol. The summed E-state index contributed by atoms with van der Waals surface area (Å²) in [5.74, 6) is -4.71. The van der Waals surface area contributed by atoms with Gasteiger partial charge >= 0.3 is 5.97 Å². The molecule has 0 saturated heterocycles. The van der Waals surface area contributed by atoms with E-state index in [1.165, 1.54) is 0 Å². The van der Waals surface area contributed by atoms with E-state index in [2.05, 4.69) is 16.0 Å². The molecule has 32 heavy (non-hydrogen) atoms. The second kappa shape index (κ2) is 13.7. The zero-order valence-electron chi connectivity index (χ0n) is 19.8. The summed E-state index contributed by atoms with van der Waals surface area (Å²) in [5.41, 5.74) is 11.1. The fraction of sp³-hybridized carbons (Fsp3) is 0.762. The number of nitrogens with two attached hydrogens (primary N) is 2. The van der Waals surface area contributed by atoms with Gasteiger partial charge in [0.1, 0.15) is 18.1 Å². The number of rotatable bonds is 14. The molecule has 184 valence electrons. The fourth-order valence-electron chi connectivity index (χ4n) is 3.02. The molecule has 5 unspecified atom stereocenters. The minimum atomic E-state index is -1.40. The summed E-state index contributed by atoms with van der Waals surface area (Å²) in [6.45, 7) is 10.6. The molecule has 0 aromatic heterocycles. The molecule has 0 aliphatic carbocycles. The van der Waals surface area contributed by atoms with Gasteiger partial charge in [0.25, 0.3) is 0 Å². The average Bonchev–Trinajstić information content (AvgIpc) is 2.66. The van der Waals surface area contributed by atoms with Crippen molar-refractivity contribution in [3.8, 4) is 0 Å². The molecule has 8 N–H and O–H groups in total. The normalized spacial score (nSPS) is 15.9. The molecule has 11 heteroatoms. The van der Waals surface area contributed by atoms with Gasteiger partial charge in [0.2, 0.25) is 23.6 Å². The molecule has 0 aliphatic heterocycles. The Kier molecular flexibility index (Phi) is 12.5. The van der Waals surface area contributed by atoms with Crippen molar-refractivity contribution in [2.45, 2.75) is 85.0 Å². The van der Waals surface area contributed by atoms with Crippen LogP contribution in [0.1, 0.15) is 60.8 Å². The number of nitrogens with one attached hydrogen (secondary N) is 3. The largest absolute Gasteiger partial charge is 0.480 e. The summed E-state index contributed by atoms with van der Waals surface area (Å²) >= 11 is 0. The Balaban J connectivity index is 5.57. The van der Waals surface area contributed by atoms with Crippen molar-refractivity contribution in [1.82, 2.24) is 16.0 Å². The number of amides is 4. The Hall–Kier alpha value is -2.69. The monoisotopic (exact) mass is 457 g/mol. The van der Waals surface area contributed by atoms with Gasteiger partial charge in [0, 0.05) is 0 Å². The van der Waals surface area contributed by atoms with Crippen LogP contribution in [0.5, 0.6) is 0 Å². The number of hydrogen-bond donors (Lipinski definition) is 6. The molecule has 0 rings (SSSR count). The summed E-state index contributed by atoms with van der Waals surface area (Å²) in [4.78, 5) is 60.9. The van der Waals surface area contributed by atoms with E-state index < -0.39 is 66.1 Å². The first-order chi connectivity index (χ1) is 14.7. The highest BCUT2D eigenvalue weighted by atomic mass is 16.4. The minimum Gasteiger partial charge on any atom is -0.480 e. The van der Waals surface area contributed by atoms with Gasteiger partial charge in [0.05, 0.1) is 12.5 Å². The van der Waals surface area contributed by atoms with Crippen molar-refractivity contribution in [3.05, 3.63) is 0 Å². The second-order valence-corrected chi connectivity index (χ2v) is 8.91. The molecule has 5 atom stereocenters. The Morgan fingerprint density at radius 2 is 1.38 bits per heavy atom. The summed E-state index contributed by atoms with van der Waals surface area (Å²) in [5, 5.41) is 16.7. The lowest BCUT2D eigenvalue weighted by molar-refractivity contribution is -0.143. The van der Waals surface area contributed by atoms with Gasteiger partial charge in [-0.05, 0) is 24.2 Å². The first-order valence-corrected chi connectivity index (χ1v) is 10.9. The minimum absolute atomic E-state index is 0.179. The Labute approximate surface area is 189 Å². The standard InChI is InChI=1S/C21H39N5O6/c1-7-12(6)17(26-18(28)13(22)8-10(2)3)20(30)24-14(9-15(23)27)19(29)25-16(11(4)5)21(31)32/h10-14,16-17H,7-9,22H2,1-6H3,(H2,23,27)(H,24,30)(H,25,29)(H,26,28)(H,31,32). The molecule has 0 fully saturated rings. The number of carboxylic acids is 1. The van der Waals surface area contributed by atoms with Gasteiger partial charge in [-0.3, -0.25) is 19.2 Å².